The number of piperazine rings is 1. The van der Waals surface area contributed by atoms with Gasteiger partial charge in [-0.05, 0) is 19.0 Å². The zero-order valence-electron chi connectivity index (χ0n) is 13.8. The van der Waals surface area contributed by atoms with Gasteiger partial charge in [0.2, 0.25) is 0 Å². The monoisotopic (exact) mass is 314 g/mol. The fourth-order valence-electron chi connectivity index (χ4n) is 3.22. The first kappa shape index (κ1) is 16.2. The predicted molar refractivity (Wildman–Crippen MR) is 91.2 cm³/mol. The highest BCUT2D eigenvalue weighted by Gasteiger charge is 2.23. The Kier molecular flexibility index (Phi) is 5.43. The summed E-state index contributed by atoms with van der Waals surface area (Å²) in [4.78, 5) is 4.82. The molecule has 0 radical (unpaired) electrons. The molecular weight excluding hydrogens is 288 g/mol. The lowest BCUT2D eigenvalue weighted by molar-refractivity contribution is 0.0743. The van der Waals surface area contributed by atoms with Gasteiger partial charge < -0.3 is 10.0 Å². The molecule has 5 nitrogen and oxygen atoms in total. The SMILES string of the molecule is CN1CCN(Cc2cnn(Cc3ccccc3)c2)C[C@H]1CCO. The van der Waals surface area contributed by atoms with Gasteiger partial charge in [0.25, 0.3) is 0 Å². The molecule has 0 spiro atoms. The molecule has 1 aromatic heterocycles. The number of aromatic nitrogens is 2. The molecule has 1 saturated heterocycles. The Hall–Kier alpha value is -1.69. The van der Waals surface area contributed by atoms with Gasteiger partial charge in [-0.3, -0.25) is 9.58 Å². The zero-order chi connectivity index (χ0) is 16.1. The summed E-state index contributed by atoms with van der Waals surface area (Å²) in [5, 5.41) is 13.7. The molecule has 23 heavy (non-hydrogen) atoms. The average Bonchev–Trinajstić information content (AvgIpc) is 2.99. The van der Waals surface area contributed by atoms with Crippen LogP contribution in [0, 0.1) is 0 Å². The lowest BCUT2D eigenvalue weighted by Crippen LogP contribution is -2.51. The highest BCUT2D eigenvalue weighted by atomic mass is 16.3. The van der Waals surface area contributed by atoms with Gasteiger partial charge in [-0.15, -0.1) is 0 Å². The molecule has 1 aliphatic heterocycles. The molecular formula is C18H26N4O. The molecule has 0 amide bonds. The summed E-state index contributed by atoms with van der Waals surface area (Å²) >= 11 is 0. The smallest absolute Gasteiger partial charge is 0.0659 e. The number of nitrogens with zero attached hydrogens (tertiary/aromatic N) is 4. The lowest BCUT2D eigenvalue weighted by Gasteiger charge is -2.39. The van der Waals surface area contributed by atoms with E-state index in [-0.39, 0.29) is 6.61 Å². The van der Waals surface area contributed by atoms with Crippen LogP contribution in [0.25, 0.3) is 0 Å². The minimum Gasteiger partial charge on any atom is -0.396 e. The molecule has 1 N–H and O–H groups in total. The Morgan fingerprint density at radius 3 is 2.74 bits per heavy atom. The topological polar surface area (TPSA) is 44.5 Å². The lowest BCUT2D eigenvalue weighted by atomic mass is 10.1. The summed E-state index contributed by atoms with van der Waals surface area (Å²) in [6.07, 6.45) is 4.97. The van der Waals surface area contributed by atoms with Crippen molar-refractivity contribution < 1.29 is 5.11 Å². The molecule has 124 valence electrons. The summed E-state index contributed by atoms with van der Waals surface area (Å²) in [6.45, 7) is 5.16. The predicted octanol–water partition coefficient (Wildman–Crippen LogP) is 1.43. The highest BCUT2D eigenvalue weighted by Crippen LogP contribution is 2.14. The summed E-state index contributed by atoms with van der Waals surface area (Å²) in [5.41, 5.74) is 2.53. The van der Waals surface area contributed by atoms with E-state index in [1.807, 2.05) is 16.9 Å². The van der Waals surface area contributed by atoms with Gasteiger partial charge in [0.15, 0.2) is 0 Å². The van der Waals surface area contributed by atoms with Crippen molar-refractivity contribution in [2.45, 2.75) is 25.6 Å². The Morgan fingerprint density at radius 1 is 1.13 bits per heavy atom. The maximum Gasteiger partial charge on any atom is 0.0659 e. The zero-order valence-corrected chi connectivity index (χ0v) is 13.8. The second-order valence-electron chi connectivity index (χ2n) is 6.41. The standard InChI is InChI=1S/C18H26N4O/c1-20-8-9-21(15-18(20)7-10-23)12-17-11-19-22(14-17)13-16-5-3-2-4-6-16/h2-6,11,14,18,23H,7-10,12-13,15H2,1H3/t18-/m1/s1. The Balaban J connectivity index is 1.56. The summed E-state index contributed by atoms with van der Waals surface area (Å²) < 4.78 is 2.01. The van der Waals surface area contributed by atoms with Gasteiger partial charge in [-0.25, -0.2) is 0 Å². The molecule has 0 saturated carbocycles. The second-order valence-corrected chi connectivity index (χ2v) is 6.41. The molecule has 2 heterocycles. The van der Waals surface area contributed by atoms with Crippen molar-refractivity contribution >= 4 is 0 Å². The van der Waals surface area contributed by atoms with Gasteiger partial charge in [-0.1, -0.05) is 30.3 Å². The van der Waals surface area contributed by atoms with Crippen molar-refractivity contribution in [3.8, 4) is 0 Å². The largest absolute Gasteiger partial charge is 0.396 e. The number of benzene rings is 1. The van der Waals surface area contributed by atoms with E-state index in [0.717, 1.165) is 39.1 Å². The first-order valence-corrected chi connectivity index (χ1v) is 8.33. The van der Waals surface area contributed by atoms with Gasteiger partial charge in [0.05, 0.1) is 12.7 Å². The molecule has 1 atom stereocenters. The molecule has 2 aromatic rings. The maximum absolute atomic E-state index is 9.20. The number of hydrogen-bond donors (Lipinski definition) is 1. The van der Waals surface area contributed by atoms with Crippen molar-refractivity contribution in [3.05, 3.63) is 53.9 Å². The quantitative estimate of drug-likeness (QED) is 0.876. The third-order valence-corrected chi connectivity index (χ3v) is 4.60. The van der Waals surface area contributed by atoms with Crippen LogP contribution in [0.5, 0.6) is 0 Å². The van der Waals surface area contributed by atoms with Gasteiger partial charge >= 0.3 is 0 Å². The van der Waals surface area contributed by atoms with E-state index in [4.69, 9.17) is 0 Å². The van der Waals surface area contributed by atoms with Crippen LogP contribution in [0.4, 0.5) is 0 Å². The van der Waals surface area contributed by atoms with E-state index in [0.29, 0.717) is 6.04 Å². The first-order valence-electron chi connectivity index (χ1n) is 8.33. The number of aliphatic hydroxyl groups excluding tert-OH is 1. The minimum atomic E-state index is 0.262. The van der Waals surface area contributed by atoms with Crippen molar-refractivity contribution in [2.24, 2.45) is 0 Å². The fraction of sp³-hybridized carbons (Fsp3) is 0.500. The van der Waals surface area contributed by atoms with Crippen LogP contribution in [-0.4, -0.2) is 64.0 Å². The highest BCUT2D eigenvalue weighted by molar-refractivity contribution is 5.15. The molecule has 1 fully saturated rings. The second kappa shape index (κ2) is 7.73. The number of hydrogen-bond acceptors (Lipinski definition) is 4. The molecule has 0 unspecified atom stereocenters. The number of rotatable bonds is 6. The van der Waals surface area contributed by atoms with Crippen molar-refractivity contribution in [3.63, 3.8) is 0 Å². The third kappa shape index (κ3) is 4.41. The molecule has 3 rings (SSSR count). The van der Waals surface area contributed by atoms with Crippen LogP contribution in [-0.2, 0) is 13.1 Å². The van der Waals surface area contributed by atoms with Crippen LogP contribution >= 0.6 is 0 Å². The van der Waals surface area contributed by atoms with Crippen LogP contribution in [0.1, 0.15) is 17.5 Å². The van der Waals surface area contributed by atoms with E-state index in [1.54, 1.807) is 0 Å². The fourth-order valence-corrected chi connectivity index (χ4v) is 3.22. The molecule has 1 aromatic carbocycles. The molecule has 5 heteroatoms. The summed E-state index contributed by atoms with van der Waals surface area (Å²) in [6, 6.07) is 10.9. The maximum atomic E-state index is 9.20. The van der Waals surface area contributed by atoms with Crippen LogP contribution in [0.3, 0.4) is 0 Å². The summed E-state index contributed by atoms with van der Waals surface area (Å²) in [7, 11) is 2.15. The average molecular weight is 314 g/mol. The van der Waals surface area contributed by atoms with Gasteiger partial charge in [0.1, 0.15) is 0 Å². The van der Waals surface area contributed by atoms with Crippen molar-refractivity contribution in [1.82, 2.24) is 19.6 Å². The van der Waals surface area contributed by atoms with Gasteiger partial charge in [-0.2, -0.15) is 5.10 Å². The minimum absolute atomic E-state index is 0.262. The van der Waals surface area contributed by atoms with Crippen LogP contribution in [0.2, 0.25) is 0 Å². The van der Waals surface area contributed by atoms with E-state index < -0.39 is 0 Å². The summed E-state index contributed by atoms with van der Waals surface area (Å²) in [5.74, 6) is 0. The Labute approximate surface area is 138 Å². The van der Waals surface area contributed by atoms with Crippen molar-refractivity contribution in [2.75, 3.05) is 33.3 Å². The van der Waals surface area contributed by atoms with E-state index in [1.165, 1.54) is 11.1 Å². The van der Waals surface area contributed by atoms with E-state index in [2.05, 4.69) is 52.4 Å². The molecule has 1 aliphatic rings. The Morgan fingerprint density at radius 2 is 1.96 bits per heavy atom. The molecule has 0 bridgehead atoms. The number of likely N-dealkylation sites (N-methyl/N-ethyl adjacent to an activating group) is 1. The van der Waals surface area contributed by atoms with Crippen LogP contribution in [0.15, 0.2) is 42.7 Å². The molecule has 0 aliphatic carbocycles. The number of aliphatic hydroxyl groups is 1. The van der Waals surface area contributed by atoms with Crippen molar-refractivity contribution in [1.29, 1.82) is 0 Å². The normalized spacial score (nSPS) is 20.0. The first-order chi connectivity index (χ1) is 11.2. The van der Waals surface area contributed by atoms with Crippen LogP contribution < -0.4 is 0 Å². The van der Waals surface area contributed by atoms with E-state index >= 15 is 0 Å². The van der Waals surface area contributed by atoms with E-state index in [9.17, 15) is 5.11 Å². The van der Waals surface area contributed by atoms with Gasteiger partial charge in [0, 0.05) is 50.6 Å². The third-order valence-electron chi connectivity index (χ3n) is 4.60. The Bertz CT molecular complexity index is 598.